The fraction of sp³-hybridized carbons (Fsp3) is 1.00. The maximum atomic E-state index is 9.44. The van der Waals surface area contributed by atoms with Crippen molar-refractivity contribution in [2.45, 2.75) is 52.6 Å². The monoisotopic (exact) mass is 156 g/mol. The van der Waals surface area contributed by atoms with E-state index >= 15 is 0 Å². The van der Waals surface area contributed by atoms with Crippen LogP contribution in [0.5, 0.6) is 0 Å². The number of aliphatic hydroxyl groups is 1. The van der Waals surface area contributed by atoms with E-state index in [0.29, 0.717) is 5.41 Å². The summed E-state index contributed by atoms with van der Waals surface area (Å²) in [5.41, 5.74) is 0.390. The summed E-state index contributed by atoms with van der Waals surface area (Å²) in [7, 11) is 0. The Balaban J connectivity index is 2.46. The lowest BCUT2D eigenvalue weighted by atomic mass is 9.72. The zero-order valence-corrected chi connectivity index (χ0v) is 7.93. The highest BCUT2D eigenvalue weighted by molar-refractivity contribution is 4.80. The molecule has 0 heterocycles. The van der Waals surface area contributed by atoms with Crippen LogP contribution in [0.4, 0.5) is 0 Å². The third kappa shape index (κ3) is 2.48. The Kier molecular flexibility index (Phi) is 2.58. The Bertz CT molecular complexity index is 123. The number of hydrogen-bond acceptors (Lipinski definition) is 1. The largest absolute Gasteiger partial charge is 0.393 e. The topological polar surface area (TPSA) is 20.2 Å². The van der Waals surface area contributed by atoms with Crippen molar-refractivity contribution in [2.75, 3.05) is 0 Å². The van der Waals surface area contributed by atoms with Crippen LogP contribution < -0.4 is 0 Å². The Morgan fingerprint density at radius 1 is 1.18 bits per heavy atom. The Labute approximate surface area is 69.8 Å². The molecule has 0 amide bonds. The first-order valence-corrected chi connectivity index (χ1v) is 4.68. The van der Waals surface area contributed by atoms with Crippen LogP contribution in [-0.4, -0.2) is 11.2 Å². The SMILES string of the molecule is CC(C)(C)[C@@H]1CCC[C@@H](O)C1. The van der Waals surface area contributed by atoms with Crippen molar-refractivity contribution >= 4 is 0 Å². The predicted octanol–water partition coefficient (Wildman–Crippen LogP) is 2.58. The first-order chi connectivity index (χ1) is 5.00. The highest BCUT2D eigenvalue weighted by Crippen LogP contribution is 2.37. The molecule has 1 N–H and O–H groups in total. The van der Waals surface area contributed by atoms with Crippen LogP contribution >= 0.6 is 0 Å². The van der Waals surface area contributed by atoms with Crippen molar-refractivity contribution in [2.24, 2.45) is 11.3 Å². The van der Waals surface area contributed by atoms with Gasteiger partial charge in [0.05, 0.1) is 6.10 Å². The molecule has 0 aromatic heterocycles. The average molecular weight is 156 g/mol. The molecule has 11 heavy (non-hydrogen) atoms. The van der Waals surface area contributed by atoms with Gasteiger partial charge < -0.3 is 5.11 Å². The molecule has 1 saturated carbocycles. The highest BCUT2D eigenvalue weighted by atomic mass is 16.3. The van der Waals surface area contributed by atoms with Gasteiger partial charge in [0.25, 0.3) is 0 Å². The van der Waals surface area contributed by atoms with E-state index in [2.05, 4.69) is 20.8 Å². The van der Waals surface area contributed by atoms with E-state index in [0.717, 1.165) is 18.8 Å². The molecule has 1 fully saturated rings. The maximum Gasteiger partial charge on any atom is 0.0543 e. The smallest absolute Gasteiger partial charge is 0.0543 e. The van der Waals surface area contributed by atoms with Gasteiger partial charge in [-0.05, 0) is 30.6 Å². The second-order valence-corrected chi connectivity index (χ2v) is 4.88. The molecule has 0 bridgehead atoms. The zero-order chi connectivity index (χ0) is 8.48. The van der Waals surface area contributed by atoms with Crippen LogP contribution in [0.25, 0.3) is 0 Å². The van der Waals surface area contributed by atoms with Gasteiger partial charge >= 0.3 is 0 Å². The molecule has 1 nitrogen and oxygen atoms in total. The van der Waals surface area contributed by atoms with Crippen LogP contribution in [0.1, 0.15) is 46.5 Å². The Hall–Kier alpha value is -0.0400. The zero-order valence-electron chi connectivity index (χ0n) is 7.93. The second-order valence-electron chi connectivity index (χ2n) is 4.88. The summed E-state index contributed by atoms with van der Waals surface area (Å²) in [6.45, 7) is 6.82. The lowest BCUT2D eigenvalue weighted by molar-refractivity contribution is 0.0586. The third-order valence-electron chi connectivity index (χ3n) is 2.87. The fourth-order valence-corrected chi connectivity index (χ4v) is 1.95. The van der Waals surface area contributed by atoms with Crippen LogP contribution in [-0.2, 0) is 0 Å². The van der Waals surface area contributed by atoms with Gasteiger partial charge in [-0.2, -0.15) is 0 Å². The Morgan fingerprint density at radius 2 is 1.82 bits per heavy atom. The molecule has 0 aromatic carbocycles. The van der Waals surface area contributed by atoms with Crippen molar-refractivity contribution in [1.29, 1.82) is 0 Å². The third-order valence-corrected chi connectivity index (χ3v) is 2.87. The molecule has 1 rings (SSSR count). The first kappa shape index (κ1) is 9.05. The van der Waals surface area contributed by atoms with Crippen LogP contribution in [0.15, 0.2) is 0 Å². The quantitative estimate of drug-likeness (QED) is 0.571. The predicted molar refractivity (Wildman–Crippen MR) is 47.4 cm³/mol. The van der Waals surface area contributed by atoms with Crippen molar-refractivity contribution in [3.8, 4) is 0 Å². The van der Waals surface area contributed by atoms with E-state index in [1.54, 1.807) is 0 Å². The molecule has 0 spiro atoms. The van der Waals surface area contributed by atoms with E-state index in [1.165, 1.54) is 12.8 Å². The molecule has 1 aliphatic carbocycles. The van der Waals surface area contributed by atoms with E-state index in [9.17, 15) is 5.11 Å². The molecule has 0 aromatic rings. The van der Waals surface area contributed by atoms with Crippen molar-refractivity contribution in [3.05, 3.63) is 0 Å². The molecule has 66 valence electrons. The number of hydrogen-bond donors (Lipinski definition) is 1. The van der Waals surface area contributed by atoms with E-state index < -0.39 is 0 Å². The Morgan fingerprint density at radius 3 is 2.18 bits per heavy atom. The van der Waals surface area contributed by atoms with Crippen LogP contribution in [0, 0.1) is 11.3 Å². The fourth-order valence-electron chi connectivity index (χ4n) is 1.95. The van der Waals surface area contributed by atoms with Gasteiger partial charge in [-0.1, -0.05) is 27.2 Å². The van der Waals surface area contributed by atoms with E-state index in [1.807, 2.05) is 0 Å². The molecule has 0 unspecified atom stereocenters. The molecule has 2 atom stereocenters. The molecular weight excluding hydrogens is 136 g/mol. The molecule has 1 aliphatic rings. The number of aliphatic hydroxyl groups excluding tert-OH is 1. The minimum Gasteiger partial charge on any atom is -0.393 e. The summed E-state index contributed by atoms with van der Waals surface area (Å²) < 4.78 is 0. The summed E-state index contributed by atoms with van der Waals surface area (Å²) in [4.78, 5) is 0. The summed E-state index contributed by atoms with van der Waals surface area (Å²) >= 11 is 0. The normalized spacial score (nSPS) is 33.8. The molecule has 1 heteroatoms. The van der Waals surface area contributed by atoms with E-state index in [4.69, 9.17) is 0 Å². The molecule has 0 saturated heterocycles. The van der Waals surface area contributed by atoms with Crippen LogP contribution in [0.3, 0.4) is 0 Å². The standard InChI is InChI=1S/C10H20O/c1-10(2,3)8-5-4-6-9(11)7-8/h8-9,11H,4-7H2,1-3H3/t8-,9-/m1/s1. The number of rotatable bonds is 0. The summed E-state index contributed by atoms with van der Waals surface area (Å²) in [5, 5.41) is 9.44. The van der Waals surface area contributed by atoms with Crippen molar-refractivity contribution < 1.29 is 5.11 Å². The lowest BCUT2D eigenvalue weighted by Gasteiger charge is -2.35. The van der Waals surface area contributed by atoms with E-state index in [-0.39, 0.29) is 6.10 Å². The lowest BCUT2D eigenvalue weighted by Crippen LogP contribution is -2.29. The average Bonchev–Trinajstić information content (AvgIpc) is 1.86. The van der Waals surface area contributed by atoms with Gasteiger partial charge in [0.2, 0.25) is 0 Å². The van der Waals surface area contributed by atoms with Gasteiger partial charge in [0, 0.05) is 0 Å². The first-order valence-electron chi connectivity index (χ1n) is 4.68. The van der Waals surface area contributed by atoms with Crippen molar-refractivity contribution in [3.63, 3.8) is 0 Å². The molecule has 0 radical (unpaired) electrons. The van der Waals surface area contributed by atoms with Gasteiger partial charge in [-0.3, -0.25) is 0 Å². The van der Waals surface area contributed by atoms with Gasteiger partial charge in [-0.15, -0.1) is 0 Å². The highest BCUT2D eigenvalue weighted by Gasteiger charge is 2.29. The minimum atomic E-state index is -0.0204. The van der Waals surface area contributed by atoms with Gasteiger partial charge in [0.1, 0.15) is 0 Å². The summed E-state index contributed by atoms with van der Waals surface area (Å²) in [6.07, 6.45) is 4.53. The summed E-state index contributed by atoms with van der Waals surface area (Å²) in [6, 6.07) is 0. The molecule has 0 aliphatic heterocycles. The summed E-state index contributed by atoms with van der Waals surface area (Å²) in [5.74, 6) is 0.728. The maximum absolute atomic E-state index is 9.44. The van der Waals surface area contributed by atoms with Crippen LogP contribution in [0.2, 0.25) is 0 Å². The van der Waals surface area contributed by atoms with Gasteiger partial charge in [-0.25, -0.2) is 0 Å². The molecular formula is C10H20O. The minimum absolute atomic E-state index is 0.0204. The second kappa shape index (κ2) is 3.14. The van der Waals surface area contributed by atoms with Crippen molar-refractivity contribution in [1.82, 2.24) is 0 Å². The van der Waals surface area contributed by atoms with Gasteiger partial charge in [0.15, 0.2) is 0 Å².